The maximum Gasteiger partial charge on any atom is 0.406 e. The smallest absolute Gasteiger partial charge is 0.406 e. The molecule has 6 heterocycles. The van der Waals surface area contributed by atoms with Crippen molar-refractivity contribution in [1.29, 1.82) is 5.26 Å². The molecule has 24 nitrogen and oxygen atoms in total. The fourth-order valence-corrected chi connectivity index (χ4v) is 13.5. The van der Waals surface area contributed by atoms with Crippen molar-refractivity contribution in [3.8, 4) is 6.07 Å². The third-order valence-corrected chi connectivity index (χ3v) is 22.4. The average molecular weight is 1220 g/mol. The predicted molar refractivity (Wildman–Crippen MR) is 319 cm³/mol. The van der Waals surface area contributed by atoms with E-state index < -0.39 is 114 Å². The minimum Gasteiger partial charge on any atom is -0.408 e. The maximum atomic E-state index is 16.1. The Kier molecular flexibility index (Phi) is 19.2. The molecule has 5 N–H and O–H groups in total. The second kappa shape index (κ2) is 26.1. The summed E-state index contributed by atoms with van der Waals surface area (Å²) in [5, 5.41) is 19.3. The number of nitrogens with one attached hydrogen (secondary N) is 5. The Morgan fingerprint density at radius 2 is 1.33 bits per heavy atom. The third-order valence-electron chi connectivity index (χ3n) is 16.0. The summed E-state index contributed by atoms with van der Waals surface area (Å²) in [6, 6.07) is 29.9. The number of benzene rings is 3. The third kappa shape index (κ3) is 13.3. The Morgan fingerprint density at radius 3 is 1.87 bits per heavy atom. The van der Waals surface area contributed by atoms with Gasteiger partial charge in [-0.05, 0) is 34.8 Å². The largest absolute Gasteiger partial charge is 0.408 e. The number of H-pyrrole nitrogens is 2. The lowest BCUT2D eigenvalue weighted by atomic mass is 9.75. The Labute approximate surface area is 494 Å². The van der Waals surface area contributed by atoms with Crippen LogP contribution in [0, 0.1) is 29.1 Å². The van der Waals surface area contributed by atoms with Crippen LogP contribution in [0.4, 0.5) is 5.95 Å². The van der Waals surface area contributed by atoms with Crippen LogP contribution in [0.3, 0.4) is 0 Å². The number of nitrogens with zero attached hydrogens (tertiary/aromatic N) is 7. The zero-order valence-corrected chi connectivity index (χ0v) is 51.8. The molecule has 2 saturated heterocycles. The van der Waals surface area contributed by atoms with E-state index in [1.54, 1.807) is 32.3 Å². The van der Waals surface area contributed by atoms with E-state index in [0.717, 1.165) is 16.7 Å². The molecule has 0 spiro atoms. The van der Waals surface area contributed by atoms with Gasteiger partial charge in [0.2, 0.25) is 11.9 Å². The number of carbonyl (C=O) groups is 2. The highest BCUT2D eigenvalue weighted by Crippen LogP contribution is 2.51. The quantitative estimate of drug-likeness (QED) is 0.0155. The number of nitriles is 1. The molecule has 3 aromatic carbocycles. The van der Waals surface area contributed by atoms with Gasteiger partial charge in [0.25, 0.3) is 11.1 Å². The van der Waals surface area contributed by atoms with E-state index in [1.807, 2.05) is 138 Å². The number of imidazole rings is 2. The summed E-state index contributed by atoms with van der Waals surface area (Å²) in [6.07, 6.45) is -2.88. The van der Waals surface area contributed by atoms with Crippen molar-refractivity contribution in [3.63, 3.8) is 0 Å². The first-order valence-corrected chi connectivity index (χ1v) is 33.3. The van der Waals surface area contributed by atoms with Gasteiger partial charge in [0, 0.05) is 23.8 Å². The van der Waals surface area contributed by atoms with E-state index in [2.05, 4.69) is 40.6 Å². The summed E-state index contributed by atoms with van der Waals surface area (Å²) in [6.45, 7) is 17.9. The maximum absolute atomic E-state index is 16.1. The summed E-state index contributed by atoms with van der Waals surface area (Å²) in [7, 11) is -8.31. The summed E-state index contributed by atoms with van der Waals surface area (Å²) in [4.78, 5) is 76.7. The molecule has 1 unspecified atom stereocenters. The lowest BCUT2D eigenvalue weighted by Crippen LogP contribution is -2.55. The van der Waals surface area contributed by atoms with Gasteiger partial charge in [-0.15, -0.1) is 0 Å². The van der Waals surface area contributed by atoms with Crippen LogP contribution in [-0.2, 0) is 58.1 Å². The number of ketones is 1. The van der Waals surface area contributed by atoms with Gasteiger partial charge in [-0.1, -0.05) is 146 Å². The minimum absolute atomic E-state index is 0.0209. The lowest BCUT2D eigenvalue weighted by Gasteiger charge is -2.41. The molecule has 9 atom stereocenters. The zero-order chi connectivity index (χ0) is 61.0. The fourth-order valence-electron chi connectivity index (χ4n) is 10.4. The van der Waals surface area contributed by atoms with Gasteiger partial charge < -0.3 is 18.9 Å². The number of rotatable bonds is 25. The van der Waals surface area contributed by atoms with Crippen molar-refractivity contribution < 1.29 is 46.2 Å². The molecule has 2 fully saturated rings. The van der Waals surface area contributed by atoms with E-state index >= 15 is 4.57 Å². The highest BCUT2D eigenvalue weighted by molar-refractivity contribution is 7.51. The Hall–Kier alpha value is -6.78. The lowest BCUT2D eigenvalue weighted by molar-refractivity contribution is -0.121. The van der Waals surface area contributed by atoms with Crippen LogP contribution in [0.15, 0.2) is 113 Å². The number of aromatic nitrogens is 8. The molecule has 85 heavy (non-hydrogen) atoms. The Balaban J connectivity index is 1.15. The number of anilines is 1. The summed E-state index contributed by atoms with van der Waals surface area (Å²) in [5.74, 6) is -1.80. The van der Waals surface area contributed by atoms with Gasteiger partial charge in [0.15, 0.2) is 36.9 Å². The summed E-state index contributed by atoms with van der Waals surface area (Å²) < 4.78 is 70.8. The molecule has 9 rings (SSSR count). The van der Waals surface area contributed by atoms with Gasteiger partial charge in [-0.25, -0.2) is 29.2 Å². The second-order valence-corrected chi connectivity index (χ2v) is 30.4. The number of fused-ring (bicyclic) bond motifs is 2. The Bertz CT molecular complexity index is 3620. The van der Waals surface area contributed by atoms with Crippen LogP contribution >= 0.6 is 16.4 Å². The Morgan fingerprint density at radius 1 is 0.788 bits per heavy atom. The predicted octanol–water partition coefficient (Wildman–Crippen LogP) is 8.62. The number of carbonyl (C=O) groups excluding carboxylic acids is 2. The number of Topliss-reactive ketones (excluding diaryl/α,β-unsaturated/α-hetero) is 1. The van der Waals surface area contributed by atoms with Crippen LogP contribution < -0.4 is 26.8 Å². The molecule has 4 aromatic heterocycles. The number of aromatic amines is 2. The van der Waals surface area contributed by atoms with E-state index in [4.69, 9.17) is 32.5 Å². The molecule has 450 valence electrons. The van der Waals surface area contributed by atoms with Crippen molar-refractivity contribution in [3.05, 3.63) is 147 Å². The number of hydrogen-bond acceptors (Lipinski definition) is 18. The first-order chi connectivity index (χ1) is 40.5. The van der Waals surface area contributed by atoms with Crippen LogP contribution in [0.5, 0.6) is 0 Å². The summed E-state index contributed by atoms with van der Waals surface area (Å²) >= 11 is 0. The van der Waals surface area contributed by atoms with Crippen LogP contribution in [0.2, 0.25) is 18.1 Å². The number of amides is 1. The molecule has 0 aliphatic carbocycles. The highest BCUT2D eigenvalue weighted by atomic mass is 31.2. The van der Waals surface area contributed by atoms with Crippen molar-refractivity contribution in [2.75, 3.05) is 25.1 Å². The van der Waals surface area contributed by atoms with E-state index in [-0.39, 0.29) is 71.9 Å². The zero-order valence-electron chi connectivity index (χ0n) is 49.0. The standard InChI is InChI=1S/C58H72N12O12P2Si/c1-34(2)40(71)29-43-62-49-46(52(73)63-43)60-32-69(49)54-36(5)44(67-58(37-21-14-11-15-22-37,38-23-16-12-17-24-38)39-25-18-13-19-26-39)42(80-54)31-79-84(76,78-28-20-27-59)68-45-41(30-77-83-75)81-55(48(45)82-85(9,10)57(6,7)8)70-33-61-47-50(70)64-56(66-53(47)74)65-51(72)35(3)4/h11-19,21-26,32-36,41-42,44-45,48,54-55,67H,20,28-31H2,1-10H3,(H,68,76)(H,62,63,73)(H2,64,65,66,72,74)/t36-,41-,42-,44+,45-,48-,54-,55-,84?/m1/s1. The molecule has 1 amide bonds. The second-order valence-electron chi connectivity index (χ2n) is 23.4. The normalized spacial score (nSPS) is 21.9. The number of ether oxygens (including phenoxy) is 2. The molecule has 0 radical (unpaired) electrons. The average Bonchev–Trinajstić information content (AvgIpc) is 1.83. The SMILES string of the molecule is CC(C)C(=O)Cc1nc2c(ncn2[C@@H]2O[C@H](COP(=O)(N[C@H]3[C@@H](O[Si](C)(C)C(C)(C)C)[C@H](n4cnc5c(=O)[nH]c(NC(=O)C(C)C)nc54)O[C@@H]3COP=O)OCCC#N)[C@@H](NC(c3ccccc3)(c3ccccc3)c3ccccc3)[C@H]2C)c(=O)[nH]1. The fraction of sp³-hybridized carbons (Fsp3) is 0.466. The van der Waals surface area contributed by atoms with Crippen molar-refractivity contribution in [1.82, 2.24) is 49.4 Å². The monoisotopic (exact) mass is 1220 g/mol. The highest BCUT2D eigenvalue weighted by Gasteiger charge is 2.55. The molecule has 27 heteroatoms. The van der Waals surface area contributed by atoms with E-state index in [0.29, 0.717) is 0 Å². The van der Waals surface area contributed by atoms with Crippen molar-refractivity contribution in [2.45, 2.75) is 135 Å². The molecule has 2 aliphatic heterocycles. The van der Waals surface area contributed by atoms with E-state index in [9.17, 15) is 29.0 Å². The van der Waals surface area contributed by atoms with Crippen molar-refractivity contribution in [2.24, 2.45) is 17.8 Å². The first kappa shape index (κ1) is 62.7. The van der Waals surface area contributed by atoms with Crippen LogP contribution in [0.25, 0.3) is 22.3 Å². The van der Waals surface area contributed by atoms with Crippen molar-refractivity contribution >= 4 is 64.7 Å². The first-order valence-electron chi connectivity index (χ1n) is 28.2. The number of hydrogen-bond donors (Lipinski definition) is 5. The molecule has 7 aromatic rings. The molecule has 0 saturated carbocycles. The molecular formula is C58H72N12O12P2Si. The van der Waals surface area contributed by atoms with Gasteiger partial charge in [-0.2, -0.15) is 10.2 Å². The van der Waals surface area contributed by atoms with Gasteiger partial charge in [-0.3, -0.25) is 57.5 Å². The van der Waals surface area contributed by atoms with Crippen LogP contribution in [0.1, 0.15) is 96.8 Å². The van der Waals surface area contributed by atoms with E-state index in [1.165, 1.54) is 17.2 Å². The molecule has 0 bridgehead atoms. The van der Waals surface area contributed by atoms with Crippen LogP contribution in [-0.4, -0.2) is 109 Å². The molecular weight excluding hydrogens is 1150 g/mol. The van der Waals surface area contributed by atoms with Gasteiger partial charge >= 0.3 is 16.4 Å². The molecule has 2 aliphatic rings. The van der Waals surface area contributed by atoms with Gasteiger partial charge in [0.1, 0.15) is 30.0 Å². The van der Waals surface area contributed by atoms with Gasteiger partial charge in [0.05, 0.1) is 69.1 Å². The minimum atomic E-state index is -4.72. The topological polar surface area (TPSA) is 311 Å². The summed E-state index contributed by atoms with van der Waals surface area (Å²) in [5.41, 5.74) is 0.523.